The van der Waals surface area contributed by atoms with Gasteiger partial charge in [-0.25, -0.2) is 0 Å². The highest BCUT2D eigenvalue weighted by atomic mass is 35.5. The van der Waals surface area contributed by atoms with E-state index < -0.39 is 0 Å². The van der Waals surface area contributed by atoms with Crippen LogP contribution in [0.25, 0.3) is 0 Å². The molecule has 0 fully saturated rings. The average Bonchev–Trinajstić information content (AvgIpc) is 2.80. The van der Waals surface area contributed by atoms with Gasteiger partial charge in [0.05, 0.1) is 12.0 Å². The van der Waals surface area contributed by atoms with Gasteiger partial charge in [0, 0.05) is 0 Å². The second-order valence-electron chi connectivity index (χ2n) is 6.61. The summed E-state index contributed by atoms with van der Waals surface area (Å²) in [7, 11) is 0. The maximum absolute atomic E-state index is 6.08. The topological polar surface area (TPSA) is 18.5 Å². The Morgan fingerprint density at radius 3 is 1.48 bits per heavy atom. The van der Waals surface area contributed by atoms with Crippen molar-refractivity contribution < 1.29 is 9.47 Å². The molecule has 0 spiro atoms. The van der Waals surface area contributed by atoms with Crippen LogP contribution >= 0.6 is 11.6 Å². The number of halogens is 1. The summed E-state index contributed by atoms with van der Waals surface area (Å²) in [5.41, 5.74) is 2.54. The fourth-order valence-corrected chi connectivity index (χ4v) is 2.37. The first-order chi connectivity index (χ1) is 14.1. The highest BCUT2D eigenvalue weighted by Gasteiger charge is 2.04. The van der Waals surface area contributed by atoms with Crippen molar-refractivity contribution in [1.82, 2.24) is 0 Å². The van der Waals surface area contributed by atoms with E-state index in [-0.39, 0.29) is 5.38 Å². The maximum Gasteiger partial charge on any atom is 0.119 e. The zero-order valence-electron chi connectivity index (χ0n) is 19.5. The highest BCUT2D eigenvalue weighted by molar-refractivity contribution is 6.20. The summed E-state index contributed by atoms with van der Waals surface area (Å²) >= 11 is 6.08. The summed E-state index contributed by atoms with van der Waals surface area (Å²) < 4.78 is 11.5. The SMILES string of the molecule is CC.CC.CCC(C)COc1ccc(Cc2ccc(OCC(Cl)CC)cc2)cc1. The van der Waals surface area contributed by atoms with E-state index in [9.17, 15) is 0 Å². The second kappa shape index (κ2) is 17.2. The van der Waals surface area contributed by atoms with Gasteiger partial charge in [-0.2, -0.15) is 0 Å². The third kappa shape index (κ3) is 11.8. The van der Waals surface area contributed by atoms with E-state index in [1.807, 2.05) is 39.8 Å². The molecule has 0 aliphatic carbocycles. The second-order valence-corrected chi connectivity index (χ2v) is 7.22. The molecule has 0 aliphatic rings. The fourth-order valence-electron chi connectivity index (χ4n) is 2.30. The maximum atomic E-state index is 6.08. The Hall–Kier alpha value is -1.67. The first-order valence-corrected chi connectivity index (χ1v) is 11.6. The van der Waals surface area contributed by atoms with Gasteiger partial charge in [-0.1, -0.05) is 79.2 Å². The number of rotatable bonds is 10. The summed E-state index contributed by atoms with van der Waals surface area (Å²) in [6, 6.07) is 16.6. The van der Waals surface area contributed by atoms with Crippen LogP contribution in [-0.2, 0) is 6.42 Å². The van der Waals surface area contributed by atoms with Crippen LogP contribution in [0.15, 0.2) is 48.5 Å². The van der Waals surface area contributed by atoms with Crippen LogP contribution in [0.3, 0.4) is 0 Å². The van der Waals surface area contributed by atoms with Gasteiger partial charge >= 0.3 is 0 Å². The van der Waals surface area contributed by atoms with E-state index in [1.54, 1.807) is 0 Å². The summed E-state index contributed by atoms with van der Waals surface area (Å²) in [5.74, 6) is 2.41. The molecule has 0 amide bonds. The number of hydrogen-bond donors (Lipinski definition) is 0. The molecule has 0 saturated carbocycles. The van der Waals surface area contributed by atoms with E-state index >= 15 is 0 Å². The zero-order valence-corrected chi connectivity index (χ0v) is 20.3. The molecule has 2 unspecified atom stereocenters. The zero-order chi connectivity index (χ0) is 22.1. The fraction of sp³-hybridized carbons (Fsp3) is 0.538. The Morgan fingerprint density at radius 1 is 0.690 bits per heavy atom. The summed E-state index contributed by atoms with van der Waals surface area (Å²) in [4.78, 5) is 0. The molecule has 0 saturated heterocycles. The van der Waals surface area contributed by atoms with Gasteiger partial charge in [0.1, 0.15) is 18.1 Å². The smallest absolute Gasteiger partial charge is 0.119 e. The van der Waals surface area contributed by atoms with Gasteiger partial charge < -0.3 is 9.47 Å². The molecular weight excluding hydrogens is 380 g/mol. The third-order valence-electron chi connectivity index (χ3n) is 4.36. The molecular formula is C26H41ClO2. The molecule has 29 heavy (non-hydrogen) atoms. The van der Waals surface area contributed by atoms with E-state index in [0.29, 0.717) is 12.5 Å². The Balaban J connectivity index is 0.00000184. The lowest BCUT2D eigenvalue weighted by Crippen LogP contribution is -2.10. The molecule has 2 rings (SSSR count). The van der Waals surface area contributed by atoms with Gasteiger partial charge in [0.25, 0.3) is 0 Å². The Bertz CT molecular complexity index is 552. The van der Waals surface area contributed by atoms with E-state index in [4.69, 9.17) is 21.1 Å². The first-order valence-electron chi connectivity index (χ1n) is 11.2. The Labute approximate surface area is 184 Å². The van der Waals surface area contributed by atoms with Crippen molar-refractivity contribution in [2.24, 2.45) is 5.92 Å². The largest absolute Gasteiger partial charge is 0.493 e. The molecule has 2 aromatic rings. The number of alkyl halides is 1. The monoisotopic (exact) mass is 420 g/mol. The van der Waals surface area contributed by atoms with Gasteiger partial charge in [0.2, 0.25) is 0 Å². The number of benzene rings is 2. The van der Waals surface area contributed by atoms with Crippen molar-refractivity contribution in [3.63, 3.8) is 0 Å². The van der Waals surface area contributed by atoms with Crippen LogP contribution < -0.4 is 9.47 Å². The number of ether oxygens (including phenoxy) is 2. The molecule has 0 aliphatic heterocycles. The molecule has 0 radical (unpaired) electrons. The third-order valence-corrected chi connectivity index (χ3v) is 4.79. The number of hydrogen-bond acceptors (Lipinski definition) is 2. The van der Waals surface area contributed by atoms with Crippen molar-refractivity contribution in [2.75, 3.05) is 13.2 Å². The normalized spacial score (nSPS) is 11.9. The van der Waals surface area contributed by atoms with Crippen LogP contribution in [0.5, 0.6) is 11.5 Å². The van der Waals surface area contributed by atoms with Crippen LogP contribution in [0.1, 0.15) is 72.4 Å². The molecule has 2 aromatic carbocycles. The van der Waals surface area contributed by atoms with Crippen LogP contribution in [0, 0.1) is 5.92 Å². The van der Waals surface area contributed by atoms with Gasteiger partial charge in [-0.15, -0.1) is 11.6 Å². The minimum Gasteiger partial charge on any atom is -0.493 e. The summed E-state index contributed by atoms with van der Waals surface area (Å²) in [5, 5.41) is 0.0701. The molecule has 2 atom stereocenters. The molecule has 164 valence electrons. The molecule has 0 aromatic heterocycles. The average molecular weight is 421 g/mol. The van der Waals surface area contributed by atoms with Gasteiger partial charge in [0.15, 0.2) is 0 Å². The van der Waals surface area contributed by atoms with E-state index in [2.05, 4.69) is 57.2 Å². The summed E-state index contributed by atoms with van der Waals surface area (Å²) in [6.45, 7) is 15.8. The minimum absolute atomic E-state index is 0.0701. The van der Waals surface area contributed by atoms with Gasteiger partial charge in [-0.05, 0) is 54.2 Å². The van der Waals surface area contributed by atoms with Crippen LogP contribution in [-0.4, -0.2) is 18.6 Å². The lowest BCUT2D eigenvalue weighted by Gasteiger charge is -2.12. The summed E-state index contributed by atoms with van der Waals surface area (Å²) in [6.07, 6.45) is 2.96. The Morgan fingerprint density at radius 2 is 1.10 bits per heavy atom. The standard InChI is InChI=1S/C22H29ClO2.2C2H6/c1-4-17(3)15-24-21-10-6-18(7-11-21)14-19-8-12-22(13-9-19)25-16-20(23)5-2;2*1-2/h6-13,17,20H,4-5,14-16H2,1-3H3;2*1-2H3. The van der Waals surface area contributed by atoms with Crippen molar-refractivity contribution in [2.45, 2.75) is 73.1 Å². The van der Waals surface area contributed by atoms with E-state index in [0.717, 1.165) is 37.4 Å². The van der Waals surface area contributed by atoms with Crippen molar-refractivity contribution in [1.29, 1.82) is 0 Å². The molecule has 0 bridgehead atoms. The first kappa shape index (κ1) is 27.3. The van der Waals surface area contributed by atoms with E-state index in [1.165, 1.54) is 11.1 Å². The highest BCUT2D eigenvalue weighted by Crippen LogP contribution is 2.19. The predicted octanol–water partition coefficient (Wildman–Crippen LogP) is 8.15. The quantitative estimate of drug-likeness (QED) is 0.361. The molecule has 2 nitrogen and oxygen atoms in total. The van der Waals surface area contributed by atoms with Crippen LogP contribution in [0.4, 0.5) is 0 Å². The Kier molecular flexibility index (Phi) is 16.2. The van der Waals surface area contributed by atoms with Crippen molar-refractivity contribution in [3.05, 3.63) is 59.7 Å². The van der Waals surface area contributed by atoms with Crippen molar-refractivity contribution >= 4 is 11.6 Å². The molecule has 3 heteroatoms. The lowest BCUT2D eigenvalue weighted by atomic mass is 10.0. The predicted molar refractivity (Wildman–Crippen MR) is 129 cm³/mol. The lowest BCUT2D eigenvalue weighted by molar-refractivity contribution is 0.256. The molecule has 0 heterocycles. The minimum atomic E-state index is 0.0701. The molecule has 0 N–H and O–H groups in total. The van der Waals surface area contributed by atoms with Crippen LogP contribution in [0.2, 0.25) is 0 Å². The van der Waals surface area contributed by atoms with Crippen molar-refractivity contribution in [3.8, 4) is 11.5 Å². The van der Waals surface area contributed by atoms with Gasteiger partial charge in [-0.3, -0.25) is 0 Å².